The zero-order valence-electron chi connectivity index (χ0n) is 21.6. The topological polar surface area (TPSA) is 46.1 Å². The maximum Gasteiger partial charge on any atom is 0.239 e. The highest BCUT2D eigenvalue weighted by Crippen LogP contribution is 2.70. The van der Waals surface area contributed by atoms with E-state index in [1.807, 2.05) is 17.0 Å². The monoisotopic (exact) mass is 463 g/mol. The van der Waals surface area contributed by atoms with Crippen LogP contribution >= 0.6 is 0 Å². The number of hydrogen-bond donors (Lipinski definition) is 0. The average molecular weight is 464 g/mol. The van der Waals surface area contributed by atoms with Gasteiger partial charge in [-0.15, -0.1) is 0 Å². The minimum absolute atomic E-state index is 0.154. The van der Waals surface area contributed by atoms with Crippen molar-refractivity contribution in [3.63, 3.8) is 0 Å². The lowest BCUT2D eigenvalue weighted by Crippen LogP contribution is -2.53. The predicted molar refractivity (Wildman–Crippen MR) is 143 cm³/mol. The molecule has 4 aromatic rings. The number of carbonyl (C=O) groups excluding carboxylic acids is 1. The molecular weight excluding hydrogens is 430 g/mol. The zero-order chi connectivity index (χ0) is 24.8. The normalized spacial score (nSPS) is 24.2. The van der Waals surface area contributed by atoms with E-state index in [1.54, 1.807) is 0 Å². The smallest absolute Gasteiger partial charge is 0.239 e. The van der Waals surface area contributed by atoms with Crippen molar-refractivity contribution < 1.29 is 4.79 Å². The van der Waals surface area contributed by atoms with Gasteiger partial charge in [-0.25, -0.2) is 9.97 Å². The first-order chi connectivity index (χ1) is 16.7. The fourth-order valence-electron chi connectivity index (χ4n) is 6.93. The Morgan fingerprint density at radius 1 is 0.886 bits per heavy atom. The van der Waals surface area contributed by atoms with Crippen LogP contribution in [-0.2, 0) is 15.6 Å². The van der Waals surface area contributed by atoms with Crippen LogP contribution in [0.2, 0.25) is 0 Å². The van der Waals surface area contributed by atoms with Gasteiger partial charge in [0.25, 0.3) is 0 Å². The van der Waals surface area contributed by atoms with Crippen LogP contribution in [0, 0.1) is 19.3 Å². The molecule has 35 heavy (non-hydrogen) atoms. The van der Waals surface area contributed by atoms with E-state index in [0.29, 0.717) is 6.54 Å². The summed E-state index contributed by atoms with van der Waals surface area (Å²) in [6, 6.07) is 18.8. The van der Waals surface area contributed by atoms with Gasteiger partial charge in [0.1, 0.15) is 0 Å². The summed E-state index contributed by atoms with van der Waals surface area (Å²) in [5.74, 6) is 0.154. The van der Waals surface area contributed by atoms with Crippen LogP contribution < -0.4 is 4.90 Å². The lowest BCUT2D eigenvalue weighted by molar-refractivity contribution is -0.127. The Labute approximate surface area is 207 Å². The molecule has 0 aliphatic heterocycles. The fraction of sp³-hybridized carbons (Fsp3) is 0.387. The summed E-state index contributed by atoms with van der Waals surface area (Å²) in [7, 11) is 0. The average Bonchev–Trinajstić information content (AvgIpc) is 3.14. The molecule has 4 nitrogen and oxygen atoms in total. The summed E-state index contributed by atoms with van der Waals surface area (Å²) in [4.78, 5) is 27.3. The number of aromatic nitrogens is 2. The summed E-state index contributed by atoms with van der Waals surface area (Å²) in [5, 5.41) is 2.25. The highest BCUT2D eigenvalue weighted by molar-refractivity contribution is 6.09. The number of fused-ring (bicyclic) bond motifs is 7. The molecule has 2 atom stereocenters. The second-order valence-corrected chi connectivity index (χ2v) is 11.3. The second kappa shape index (κ2) is 7.13. The van der Waals surface area contributed by atoms with Crippen molar-refractivity contribution in [3.8, 4) is 0 Å². The summed E-state index contributed by atoms with van der Waals surface area (Å²) in [6.07, 6.45) is 1.74. The summed E-state index contributed by atoms with van der Waals surface area (Å²) >= 11 is 0. The highest BCUT2D eigenvalue weighted by Gasteiger charge is 2.73. The zero-order valence-corrected chi connectivity index (χ0v) is 21.6. The Bertz CT molecular complexity index is 1530. The molecule has 1 saturated carbocycles. The van der Waals surface area contributed by atoms with Gasteiger partial charge in [-0.1, -0.05) is 57.2 Å². The molecule has 1 amide bonds. The van der Waals surface area contributed by atoms with Gasteiger partial charge < -0.3 is 4.90 Å². The van der Waals surface area contributed by atoms with Crippen LogP contribution in [0.3, 0.4) is 0 Å². The van der Waals surface area contributed by atoms with Crippen molar-refractivity contribution in [1.82, 2.24) is 9.97 Å². The van der Waals surface area contributed by atoms with E-state index in [-0.39, 0.29) is 16.7 Å². The number of amides is 1. The van der Waals surface area contributed by atoms with E-state index >= 15 is 0 Å². The Morgan fingerprint density at radius 3 is 2.20 bits per heavy atom. The Morgan fingerprint density at radius 2 is 1.51 bits per heavy atom. The number of aryl methyl sites for hydroxylation is 2. The van der Waals surface area contributed by atoms with Crippen LogP contribution in [0.15, 0.2) is 54.6 Å². The van der Waals surface area contributed by atoms with E-state index < -0.39 is 5.41 Å². The molecule has 0 N–H and O–H groups in total. The van der Waals surface area contributed by atoms with E-state index in [9.17, 15) is 4.79 Å². The number of benzene rings is 3. The lowest BCUT2D eigenvalue weighted by atomic mass is 9.63. The molecule has 6 rings (SSSR count). The van der Waals surface area contributed by atoms with Gasteiger partial charge in [0, 0.05) is 17.3 Å². The second-order valence-electron chi connectivity index (χ2n) is 11.3. The first-order valence-electron chi connectivity index (χ1n) is 12.8. The fourth-order valence-corrected chi connectivity index (χ4v) is 6.93. The molecule has 1 aromatic heterocycles. The van der Waals surface area contributed by atoms with Gasteiger partial charge in [-0.3, -0.25) is 4.79 Å². The third kappa shape index (κ3) is 2.60. The third-order valence-corrected chi connectivity index (χ3v) is 9.64. The lowest BCUT2D eigenvalue weighted by Gasteiger charge is -2.42. The molecular formula is C31H33N3O. The van der Waals surface area contributed by atoms with Crippen LogP contribution in [0.25, 0.3) is 21.8 Å². The number of anilines is 1. The number of rotatable bonds is 3. The molecule has 178 valence electrons. The van der Waals surface area contributed by atoms with E-state index in [4.69, 9.17) is 9.97 Å². The van der Waals surface area contributed by atoms with Crippen molar-refractivity contribution >= 4 is 33.4 Å². The molecule has 0 saturated heterocycles. The van der Waals surface area contributed by atoms with Gasteiger partial charge in [0.15, 0.2) is 0 Å². The van der Waals surface area contributed by atoms with Crippen molar-refractivity contribution in [3.05, 3.63) is 77.1 Å². The van der Waals surface area contributed by atoms with Gasteiger partial charge in [-0.05, 0) is 73.7 Å². The third-order valence-electron chi connectivity index (χ3n) is 9.64. The first-order valence-corrected chi connectivity index (χ1v) is 12.8. The van der Waals surface area contributed by atoms with Crippen LogP contribution in [0.5, 0.6) is 0 Å². The molecule has 2 aliphatic carbocycles. The Hall–Kier alpha value is -3.27. The van der Waals surface area contributed by atoms with Gasteiger partial charge in [-0.2, -0.15) is 0 Å². The molecule has 2 aliphatic rings. The SMILES string of the molecule is CCN(C(=O)C12CCC(C)(c3nc4cc(C)c(C)cc4nc31)C2(C)C)c1cccc2ccccc12. The first kappa shape index (κ1) is 22.2. The van der Waals surface area contributed by atoms with E-state index in [0.717, 1.165) is 51.7 Å². The number of nitrogens with zero attached hydrogens (tertiary/aromatic N) is 3. The Kier molecular flexibility index (Phi) is 4.52. The maximum absolute atomic E-state index is 14.8. The molecule has 0 spiro atoms. The minimum Gasteiger partial charge on any atom is -0.311 e. The van der Waals surface area contributed by atoms with Gasteiger partial charge in [0.2, 0.25) is 5.91 Å². The van der Waals surface area contributed by atoms with Gasteiger partial charge >= 0.3 is 0 Å². The summed E-state index contributed by atoms with van der Waals surface area (Å²) in [5.41, 5.74) is 5.93. The quantitative estimate of drug-likeness (QED) is 0.336. The predicted octanol–water partition coefficient (Wildman–Crippen LogP) is 6.78. The summed E-state index contributed by atoms with van der Waals surface area (Å²) in [6.45, 7) is 13.7. The molecule has 2 unspecified atom stereocenters. The van der Waals surface area contributed by atoms with Crippen LogP contribution in [0.1, 0.15) is 63.1 Å². The molecule has 0 radical (unpaired) electrons. The standard InChI is InChI=1S/C31H33N3O/c1-7-34(25-14-10-12-21-11-8-9-13-22(21)25)28(35)31-16-15-30(6,29(31,4)5)26-27(31)33-24-18-20(3)19(2)17-23(24)32-26/h8-14,17-18H,7,15-16H2,1-6H3. The number of likely N-dealkylation sites (N-methyl/N-ethyl adjacent to an activating group) is 1. The summed E-state index contributed by atoms with van der Waals surface area (Å²) < 4.78 is 0. The molecule has 2 bridgehead atoms. The van der Waals surface area contributed by atoms with Crippen molar-refractivity contribution in [2.45, 2.75) is 65.2 Å². The van der Waals surface area contributed by atoms with Crippen molar-refractivity contribution in [2.24, 2.45) is 5.41 Å². The van der Waals surface area contributed by atoms with Crippen molar-refractivity contribution in [1.29, 1.82) is 0 Å². The maximum atomic E-state index is 14.8. The largest absolute Gasteiger partial charge is 0.311 e. The Balaban J connectivity index is 1.60. The number of hydrogen-bond acceptors (Lipinski definition) is 3. The molecule has 4 heteroatoms. The molecule has 1 fully saturated rings. The minimum atomic E-state index is -0.704. The molecule has 1 heterocycles. The van der Waals surface area contributed by atoms with Crippen LogP contribution in [-0.4, -0.2) is 22.4 Å². The highest BCUT2D eigenvalue weighted by atomic mass is 16.2. The van der Waals surface area contributed by atoms with Crippen LogP contribution in [0.4, 0.5) is 5.69 Å². The molecule has 3 aromatic carbocycles. The number of carbonyl (C=O) groups is 1. The van der Waals surface area contributed by atoms with Crippen molar-refractivity contribution in [2.75, 3.05) is 11.4 Å². The van der Waals surface area contributed by atoms with Gasteiger partial charge in [0.05, 0.1) is 33.5 Å². The van der Waals surface area contributed by atoms with E-state index in [2.05, 4.69) is 84.0 Å². The van der Waals surface area contributed by atoms with E-state index in [1.165, 1.54) is 11.1 Å².